The normalized spacial score (nSPS) is 25.3. The molecule has 0 saturated carbocycles. The summed E-state index contributed by atoms with van der Waals surface area (Å²) in [6.45, 7) is 0.0349. The molecule has 5 heteroatoms. The number of carbonyl (C=O) groups is 1. The first kappa shape index (κ1) is 6.41. The maximum Gasteiger partial charge on any atom is 0.436 e. The van der Waals surface area contributed by atoms with Crippen molar-refractivity contribution in [1.29, 1.82) is 0 Å². The van der Waals surface area contributed by atoms with Crippen molar-refractivity contribution < 1.29 is 18.3 Å². The molecule has 52 valence electrons. The van der Waals surface area contributed by atoms with E-state index < -0.39 is 12.0 Å². The summed E-state index contributed by atoms with van der Waals surface area (Å²) < 4.78 is 27.8. The monoisotopic (exact) mass is 137 g/mol. The molecule has 0 aromatic carbocycles. The summed E-state index contributed by atoms with van der Waals surface area (Å²) >= 11 is 0. The topological polar surface area (TPSA) is 38.3 Å². The number of carbonyl (C=O) groups excluding carboxylic acids is 1. The van der Waals surface area contributed by atoms with Crippen LogP contribution in [0.3, 0.4) is 0 Å². The number of nitrogens with one attached hydrogen (secondary N) is 1. The van der Waals surface area contributed by atoms with Gasteiger partial charge in [0.1, 0.15) is 0 Å². The molecular formula is C4H5F2NO2. The number of hydrogen-bond donors (Lipinski definition) is 1. The van der Waals surface area contributed by atoms with Crippen molar-refractivity contribution in [1.82, 2.24) is 5.32 Å². The van der Waals surface area contributed by atoms with E-state index in [1.165, 1.54) is 0 Å². The molecule has 9 heavy (non-hydrogen) atoms. The summed E-state index contributed by atoms with van der Waals surface area (Å²) in [5, 5.41) is 1.96. The van der Waals surface area contributed by atoms with Crippen LogP contribution in [0.15, 0.2) is 0 Å². The molecule has 3 nitrogen and oxygen atoms in total. The van der Waals surface area contributed by atoms with Crippen LogP contribution in [-0.2, 0) is 9.53 Å². The summed E-state index contributed by atoms with van der Waals surface area (Å²) in [4.78, 5) is 10.1. The molecule has 0 bridgehead atoms. The van der Waals surface area contributed by atoms with Gasteiger partial charge in [0.25, 0.3) is 0 Å². The van der Waals surface area contributed by atoms with E-state index in [0.717, 1.165) is 0 Å². The molecule has 0 spiro atoms. The van der Waals surface area contributed by atoms with Gasteiger partial charge in [-0.3, -0.25) is 4.79 Å². The lowest BCUT2D eigenvalue weighted by molar-refractivity contribution is -0.239. The largest absolute Gasteiger partial charge is 0.436 e. The summed E-state index contributed by atoms with van der Waals surface area (Å²) in [7, 11) is 0. The van der Waals surface area contributed by atoms with Crippen molar-refractivity contribution in [3.8, 4) is 0 Å². The Kier molecular flexibility index (Phi) is 1.36. The van der Waals surface area contributed by atoms with Gasteiger partial charge >= 0.3 is 12.0 Å². The Morgan fingerprint density at radius 1 is 1.67 bits per heavy atom. The SMILES string of the molecule is O=C1NCCOC1(F)F. The second kappa shape index (κ2) is 1.91. The molecule has 0 aliphatic carbocycles. The van der Waals surface area contributed by atoms with E-state index in [9.17, 15) is 13.6 Å². The maximum atomic E-state index is 12.0. The van der Waals surface area contributed by atoms with Crippen LogP contribution in [0, 0.1) is 0 Å². The average molecular weight is 137 g/mol. The number of ether oxygens (including phenoxy) is 1. The van der Waals surface area contributed by atoms with Gasteiger partial charge in [0.15, 0.2) is 0 Å². The fourth-order valence-electron chi connectivity index (χ4n) is 0.512. The van der Waals surface area contributed by atoms with E-state index in [-0.39, 0.29) is 13.2 Å². The van der Waals surface area contributed by atoms with Gasteiger partial charge < -0.3 is 10.1 Å². The van der Waals surface area contributed by atoms with Crippen molar-refractivity contribution >= 4 is 5.91 Å². The third-order valence-electron chi connectivity index (χ3n) is 0.935. The molecule has 1 aliphatic rings. The van der Waals surface area contributed by atoms with Crippen LogP contribution >= 0.6 is 0 Å². The average Bonchev–Trinajstić information content (AvgIpc) is 1.77. The van der Waals surface area contributed by atoms with E-state index in [0.29, 0.717) is 0 Å². The maximum absolute atomic E-state index is 12.0. The lowest BCUT2D eigenvalue weighted by Gasteiger charge is -2.20. The number of halogens is 2. The molecule has 1 rings (SSSR count). The predicted octanol–water partition coefficient (Wildman–Crippen LogP) is -0.274. The molecule has 0 unspecified atom stereocenters. The third kappa shape index (κ3) is 1.16. The van der Waals surface area contributed by atoms with Crippen molar-refractivity contribution in [3.63, 3.8) is 0 Å². The fraction of sp³-hybridized carbons (Fsp3) is 0.750. The molecule has 1 fully saturated rings. The molecule has 0 aromatic heterocycles. The van der Waals surface area contributed by atoms with E-state index in [2.05, 4.69) is 4.74 Å². The van der Waals surface area contributed by atoms with Gasteiger partial charge in [-0.25, -0.2) is 0 Å². The number of alkyl halides is 2. The minimum absolute atomic E-state index is 0.126. The van der Waals surface area contributed by atoms with Crippen LogP contribution in [0.25, 0.3) is 0 Å². The van der Waals surface area contributed by atoms with Gasteiger partial charge in [-0.2, -0.15) is 8.78 Å². The molecule has 1 heterocycles. The lowest BCUT2D eigenvalue weighted by atomic mass is 10.5. The van der Waals surface area contributed by atoms with Crippen LogP contribution in [0.1, 0.15) is 0 Å². The summed E-state index contributed by atoms with van der Waals surface area (Å²) in [6, 6.07) is 0. The first-order valence-electron chi connectivity index (χ1n) is 2.43. The van der Waals surface area contributed by atoms with Gasteiger partial charge in [-0.15, -0.1) is 0 Å². The Bertz CT molecular complexity index is 137. The number of amides is 1. The first-order valence-corrected chi connectivity index (χ1v) is 2.43. The Labute approximate surface area is 50.0 Å². The van der Waals surface area contributed by atoms with E-state index in [4.69, 9.17) is 0 Å². The Morgan fingerprint density at radius 2 is 2.33 bits per heavy atom. The standard InChI is InChI=1S/C4H5F2NO2/c5-4(6)3(8)7-1-2-9-4/h1-2H2,(H,7,8). The van der Waals surface area contributed by atoms with Gasteiger partial charge in [-0.05, 0) is 0 Å². The second-order valence-electron chi connectivity index (χ2n) is 1.62. The highest BCUT2D eigenvalue weighted by atomic mass is 19.3. The van der Waals surface area contributed by atoms with Crippen LogP contribution in [0.5, 0.6) is 0 Å². The highest BCUT2D eigenvalue weighted by Gasteiger charge is 2.42. The highest BCUT2D eigenvalue weighted by molar-refractivity contribution is 5.82. The van der Waals surface area contributed by atoms with E-state index >= 15 is 0 Å². The minimum Gasteiger partial charge on any atom is -0.346 e. The summed E-state index contributed by atoms with van der Waals surface area (Å²) in [5.41, 5.74) is 0. The zero-order valence-corrected chi connectivity index (χ0v) is 4.49. The number of hydrogen-bond acceptors (Lipinski definition) is 2. The minimum atomic E-state index is -3.61. The molecule has 1 aliphatic heterocycles. The number of morpholine rings is 1. The zero-order valence-electron chi connectivity index (χ0n) is 4.49. The van der Waals surface area contributed by atoms with Gasteiger partial charge in [0.2, 0.25) is 0 Å². The van der Waals surface area contributed by atoms with E-state index in [1.54, 1.807) is 0 Å². The number of rotatable bonds is 0. The Hall–Kier alpha value is -0.710. The van der Waals surface area contributed by atoms with E-state index in [1.807, 2.05) is 5.32 Å². The molecular weight excluding hydrogens is 132 g/mol. The predicted molar refractivity (Wildman–Crippen MR) is 23.9 cm³/mol. The van der Waals surface area contributed by atoms with Crippen molar-refractivity contribution in [2.24, 2.45) is 0 Å². The second-order valence-corrected chi connectivity index (χ2v) is 1.62. The summed E-state index contributed by atoms with van der Waals surface area (Å²) in [6.07, 6.45) is -3.61. The fourth-order valence-corrected chi connectivity index (χ4v) is 0.512. The third-order valence-corrected chi connectivity index (χ3v) is 0.935. The molecule has 1 N–H and O–H groups in total. The van der Waals surface area contributed by atoms with Crippen LogP contribution in [-0.4, -0.2) is 25.2 Å². The van der Waals surface area contributed by atoms with Crippen LogP contribution in [0.2, 0.25) is 0 Å². The lowest BCUT2D eigenvalue weighted by Crippen LogP contribution is -2.49. The van der Waals surface area contributed by atoms with Gasteiger partial charge in [-0.1, -0.05) is 0 Å². The van der Waals surface area contributed by atoms with Crippen LogP contribution < -0.4 is 5.32 Å². The molecule has 1 saturated heterocycles. The molecule has 0 aromatic rings. The first-order chi connectivity index (χ1) is 4.13. The smallest absolute Gasteiger partial charge is 0.346 e. The molecule has 0 atom stereocenters. The Balaban J connectivity index is 2.60. The van der Waals surface area contributed by atoms with Crippen LogP contribution in [0.4, 0.5) is 8.78 Å². The summed E-state index contributed by atoms with van der Waals surface area (Å²) in [5.74, 6) is -1.35. The molecule has 0 radical (unpaired) electrons. The molecule has 1 amide bonds. The Morgan fingerprint density at radius 3 is 2.67 bits per heavy atom. The van der Waals surface area contributed by atoms with Crippen molar-refractivity contribution in [2.45, 2.75) is 6.11 Å². The highest BCUT2D eigenvalue weighted by Crippen LogP contribution is 2.16. The zero-order chi connectivity index (χ0) is 6.91. The van der Waals surface area contributed by atoms with Crippen molar-refractivity contribution in [3.05, 3.63) is 0 Å². The van der Waals surface area contributed by atoms with Crippen molar-refractivity contribution in [2.75, 3.05) is 13.2 Å². The van der Waals surface area contributed by atoms with Gasteiger partial charge in [0, 0.05) is 6.54 Å². The van der Waals surface area contributed by atoms with Gasteiger partial charge in [0.05, 0.1) is 6.61 Å². The quantitative estimate of drug-likeness (QED) is 0.499.